The summed E-state index contributed by atoms with van der Waals surface area (Å²) in [6.45, 7) is 5.97. The van der Waals surface area contributed by atoms with Crippen molar-refractivity contribution in [3.8, 4) is 0 Å². The van der Waals surface area contributed by atoms with Crippen LogP contribution in [-0.2, 0) is 14.1 Å². The van der Waals surface area contributed by atoms with E-state index in [1.807, 2.05) is 0 Å². The summed E-state index contributed by atoms with van der Waals surface area (Å²) in [4.78, 5) is 34.9. The van der Waals surface area contributed by atoms with Gasteiger partial charge in [-0.3, -0.25) is 14.3 Å². The van der Waals surface area contributed by atoms with Gasteiger partial charge in [0.2, 0.25) is 0 Å². The summed E-state index contributed by atoms with van der Waals surface area (Å²) in [6, 6.07) is -0.254. The molecule has 0 fully saturated rings. The van der Waals surface area contributed by atoms with Crippen LogP contribution in [0, 0.1) is 12.8 Å². The maximum Gasteiger partial charge on any atom is 0.262 e. The largest absolute Gasteiger partial charge is 0.341 e. The van der Waals surface area contributed by atoms with E-state index in [2.05, 4.69) is 34.2 Å². The maximum absolute atomic E-state index is 12.9. The number of thiophene rings is 1. The third-order valence-corrected chi connectivity index (χ3v) is 5.49. The van der Waals surface area contributed by atoms with E-state index in [-0.39, 0.29) is 17.5 Å². The molecule has 3 aromatic heterocycles. The number of rotatable bonds is 5. The van der Waals surface area contributed by atoms with Gasteiger partial charge in [0.15, 0.2) is 0 Å². The van der Waals surface area contributed by atoms with Crippen molar-refractivity contribution >= 4 is 27.5 Å². The number of hydrogen-bond donors (Lipinski definition) is 1. The summed E-state index contributed by atoms with van der Waals surface area (Å²) in [7, 11) is 3.46. The van der Waals surface area contributed by atoms with Gasteiger partial charge in [0.25, 0.3) is 11.5 Å². The van der Waals surface area contributed by atoms with Gasteiger partial charge < -0.3 is 9.88 Å². The van der Waals surface area contributed by atoms with Crippen molar-refractivity contribution in [2.75, 3.05) is 0 Å². The van der Waals surface area contributed by atoms with Crippen LogP contribution in [-0.4, -0.2) is 30.2 Å². The van der Waals surface area contributed by atoms with Crippen LogP contribution in [0.15, 0.2) is 17.4 Å². The Balaban J connectivity index is 1.97. The molecule has 138 valence electrons. The van der Waals surface area contributed by atoms with Gasteiger partial charge in [-0.05, 0) is 24.8 Å². The van der Waals surface area contributed by atoms with E-state index in [0.29, 0.717) is 32.4 Å². The van der Waals surface area contributed by atoms with E-state index in [0.717, 1.165) is 6.42 Å². The summed E-state index contributed by atoms with van der Waals surface area (Å²) in [6.07, 6.45) is 3.69. The minimum atomic E-state index is -0.254. The molecular formula is C17H22N6O2S. The Bertz CT molecular complexity index is 1020. The van der Waals surface area contributed by atoms with Gasteiger partial charge in [-0.15, -0.1) is 11.3 Å². The zero-order valence-electron chi connectivity index (χ0n) is 15.5. The molecule has 0 aliphatic carbocycles. The van der Waals surface area contributed by atoms with Gasteiger partial charge in [0.1, 0.15) is 17.0 Å². The van der Waals surface area contributed by atoms with Crippen LogP contribution in [0.4, 0.5) is 0 Å². The molecule has 1 amide bonds. The molecule has 0 saturated carbocycles. The Morgan fingerprint density at radius 1 is 1.31 bits per heavy atom. The van der Waals surface area contributed by atoms with Crippen LogP contribution in [0.2, 0.25) is 0 Å². The molecule has 9 heteroatoms. The average Bonchev–Trinajstić information content (AvgIpc) is 3.14. The van der Waals surface area contributed by atoms with E-state index in [1.54, 1.807) is 25.7 Å². The lowest BCUT2D eigenvalue weighted by Crippen LogP contribution is -2.31. The van der Waals surface area contributed by atoms with Crippen LogP contribution in [0.25, 0.3) is 10.2 Å². The number of nitrogens with zero attached hydrogens (tertiary/aromatic N) is 5. The van der Waals surface area contributed by atoms with Gasteiger partial charge in [-0.2, -0.15) is 5.10 Å². The normalized spacial score (nSPS) is 12.7. The Hall–Kier alpha value is -2.55. The van der Waals surface area contributed by atoms with Crippen LogP contribution < -0.4 is 10.9 Å². The molecule has 0 saturated heterocycles. The number of aromatic nitrogens is 5. The number of carbonyl (C=O) groups excluding carboxylic acids is 1. The van der Waals surface area contributed by atoms with Crippen LogP contribution in [0.5, 0.6) is 0 Å². The van der Waals surface area contributed by atoms with E-state index >= 15 is 0 Å². The Kier molecular flexibility index (Phi) is 4.90. The Morgan fingerprint density at radius 3 is 2.65 bits per heavy atom. The third-order valence-electron chi connectivity index (χ3n) is 4.29. The Labute approximate surface area is 154 Å². The van der Waals surface area contributed by atoms with Gasteiger partial charge in [0, 0.05) is 14.1 Å². The van der Waals surface area contributed by atoms with Crippen molar-refractivity contribution in [1.29, 1.82) is 0 Å². The SMILES string of the molecule is Cc1c(C(=O)N[C@H](CC(C)C)c2ncnn2C)sc2ncn(C)c(=O)c12. The number of hydrogen-bond acceptors (Lipinski definition) is 6. The monoisotopic (exact) mass is 374 g/mol. The molecule has 3 heterocycles. The predicted molar refractivity (Wildman–Crippen MR) is 100 cm³/mol. The van der Waals surface area contributed by atoms with Gasteiger partial charge in [-0.1, -0.05) is 13.8 Å². The molecule has 0 unspecified atom stereocenters. The zero-order chi connectivity index (χ0) is 19.0. The predicted octanol–water partition coefficient (Wildman–Crippen LogP) is 1.95. The highest BCUT2D eigenvalue weighted by Crippen LogP contribution is 2.28. The van der Waals surface area contributed by atoms with Crippen molar-refractivity contribution in [3.05, 3.63) is 39.3 Å². The van der Waals surface area contributed by atoms with E-state index in [1.165, 1.54) is 28.6 Å². The fourth-order valence-electron chi connectivity index (χ4n) is 2.97. The molecule has 0 spiro atoms. The first kappa shape index (κ1) is 18.2. The molecule has 3 aromatic rings. The summed E-state index contributed by atoms with van der Waals surface area (Å²) in [5.74, 6) is 0.857. The molecule has 1 N–H and O–H groups in total. The molecule has 0 radical (unpaired) electrons. The second kappa shape index (κ2) is 6.99. The lowest BCUT2D eigenvalue weighted by Gasteiger charge is -2.19. The van der Waals surface area contributed by atoms with Crippen molar-refractivity contribution in [3.63, 3.8) is 0 Å². The molecule has 3 rings (SSSR count). The smallest absolute Gasteiger partial charge is 0.262 e. The first-order chi connectivity index (χ1) is 12.3. The third kappa shape index (κ3) is 3.26. The lowest BCUT2D eigenvalue weighted by atomic mass is 10.0. The van der Waals surface area contributed by atoms with Crippen LogP contribution in [0.3, 0.4) is 0 Å². The first-order valence-corrected chi connectivity index (χ1v) is 9.20. The topological polar surface area (TPSA) is 94.7 Å². The highest BCUT2D eigenvalue weighted by atomic mass is 32.1. The maximum atomic E-state index is 12.9. The van der Waals surface area contributed by atoms with Crippen LogP contribution in [0.1, 0.15) is 47.4 Å². The fraction of sp³-hybridized carbons (Fsp3) is 0.471. The summed E-state index contributed by atoms with van der Waals surface area (Å²) in [5, 5.41) is 7.66. The highest BCUT2D eigenvalue weighted by Gasteiger charge is 2.24. The second-order valence-corrected chi connectivity index (χ2v) is 7.79. The summed E-state index contributed by atoms with van der Waals surface area (Å²) in [5.41, 5.74) is 0.521. The molecule has 0 bridgehead atoms. The van der Waals surface area contributed by atoms with Gasteiger partial charge in [0.05, 0.1) is 22.6 Å². The number of carbonyl (C=O) groups is 1. The minimum absolute atomic E-state index is 0.144. The fourth-order valence-corrected chi connectivity index (χ4v) is 4.01. The molecule has 0 aliphatic rings. The molecule has 26 heavy (non-hydrogen) atoms. The van der Waals surface area contributed by atoms with Gasteiger partial charge in [-0.25, -0.2) is 9.97 Å². The quantitative estimate of drug-likeness (QED) is 0.736. The van der Waals surface area contributed by atoms with Crippen LogP contribution >= 0.6 is 11.3 Å². The van der Waals surface area contributed by atoms with Crippen molar-refractivity contribution in [2.45, 2.75) is 33.2 Å². The van der Waals surface area contributed by atoms with Crippen molar-refractivity contribution in [1.82, 2.24) is 29.6 Å². The number of nitrogens with one attached hydrogen (secondary N) is 1. The van der Waals surface area contributed by atoms with E-state index in [4.69, 9.17) is 0 Å². The average molecular weight is 374 g/mol. The molecule has 1 atom stereocenters. The second-order valence-electron chi connectivity index (χ2n) is 6.79. The molecule has 8 nitrogen and oxygen atoms in total. The molecule has 0 aliphatic heterocycles. The van der Waals surface area contributed by atoms with Crippen molar-refractivity contribution < 1.29 is 4.79 Å². The zero-order valence-corrected chi connectivity index (χ0v) is 16.3. The van der Waals surface area contributed by atoms with Crippen molar-refractivity contribution in [2.24, 2.45) is 20.0 Å². The Morgan fingerprint density at radius 2 is 2.04 bits per heavy atom. The molecular weight excluding hydrogens is 352 g/mol. The lowest BCUT2D eigenvalue weighted by molar-refractivity contribution is 0.0932. The van der Waals surface area contributed by atoms with E-state index in [9.17, 15) is 9.59 Å². The number of aryl methyl sites for hydroxylation is 3. The number of fused-ring (bicyclic) bond motifs is 1. The first-order valence-electron chi connectivity index (χ1n) is 8.39. The standard InChI is InChI=1S/C17H22N6O2S/c1-9(2)6-11(14-18-7-20-23(14)5)21-15(24)13-10(3)12-16(26-13)19-8-22(4)17(12)25/h7-9,11H,6H2,1-5H3,(H,21,24)/t11-/m1/s1. The summed E-state index contributed by atoms with van der Waals surface area (Å²) < 4.78 is 3.09. The highest BCUT2D eigenvalue weighted by molar-refractivity contribution is 7.20. The summed E-state index contributed by atoms with van der Waals surface area (Å²) >= 11 is 1.24. The van der Waals surface area contributed by atoms with Gasteiger partial charge >= 0.3 is 0 Å². The minimum Gasteiger partial charge on any atom is -0.341 e. The van der Waals surface area contributed by atoms with E-state index < -0.39 is 0 Å². The molecule has 0 aromatic carbocycles. The number of amides is 1.